The average Bonchev–Trinajstić information content (AvgIpc) is 1.89. The Morgan fingerprint density at radius 3 is 1.09 bits per heavy atom. The third-order valence-corrected chi connectivity index (χ3v) is 0.577. The molecule has 0 aliphatic heterocycles. The summed E-state index contributed by atoms with van der Waals surface area (Å²) in [5.41, 5.74) is 0. The maximum atomic E-state index is 9.26. The second kappa shape index (κ2) is 12.5. The number of carbonyl (C=O) groups excluding carboxylic acids is 2. The number of hydrogen-bond donors (Lipinski definition) is 0. The van der Waals surface area contributed by atoms with Crippen LogP contribution in [0.2, 0.25) is 0 Å². The van der Waals surface area contributed by atoms with E-state index in [1.807, 2.05) is 0 Å². The summed E-state index contributed by atoms with van der Waals surface area (Å²) in [5, 5.41) is 18.5. The minimum absolute atomic E-state index is 0. The summed E-state index contributed by atoms with van der Waals surface area (Å²) in [6.07, 6.45) is 0.222. The molecule has 63 valence electrons. The minimum Gasteiger partial charge on any atom is -0.550 e. The molecule has 0 unspecified atom stereocenters. The molecule has 0 heterocycles. The third-order valence-electron chi connectivity index (χ3n) is 0.577. The summed E-state index contributed by atoms with van der Waals surface area (Å²) in [4.78, 5) is 18.5. The second-order valence-electron chi connectivity index (χ2n) is 1.45. The van der Waals surface area contributed by atoms with E-state index < -0.39 is 11.9 Å². The fraction of sp³-hybridized carbons (Fsp3) is 0.667. The Hall–Kier alpha value is -0.190. The molecule has 0 aromatic rings. The van der Waals surface area contributed by atoms with Gasteiger partial charge in [-0.1, -0.05) is 13.8 Å². The van der Waals surface area contributed by atoms with Crippen LogP contribution in [0.1, 0.15) is 26.7 Å². The van der Waals surface area contributed by atoms with Crippen molar-refractivity contribution < 1.29 is 19.8 Å². The maximum Gasteiger partial charge on any atom is 0.0411 e. The van der Waals surface area contributed by atoms with Crippen LogP contribution in [-0.2, 0) is 9.59 Å². The fourth-order valence-corrected chi connectivity index (χ4v) is 0. The van der Waals surface area contributed by atoms with Gasteiger partial charge in [-0.15, -0.1) is 0 Å². The summed E-state index contributed by atoms with van der Waals surface area (Å²) in [7, 11) is 0. The van der Waals surface area contributed by atoms with Crippen molar-refractivity contribution in [3.05, 3.63) is 0 Å². The van der Waals surface area contributed by atoms with Crippen molar-refractivity contribution in [1.82, 2.24) is 0 Å². The van der Waals surface area contributed by atoms with E-state index >= 15 is 0 Å². The van der Waals surface area contributed by atoms with E-state index in [0.29, 0.717) is 0 Å². The second-order valence-corrected chi connectivity index (χ2v) is 1.45. The van der Waals surface area contributed by atoms with Crippen molar-refractivity contribution in [1.29, 1.82) is 0 Å². The third kappa shape index (κ3) is 41.2. The summed E-state index contributed by atoms with van der Waals surface area (Å²) in [6, 6.07) is 0. The van der Waals surface area contributed by atoms with Gasteiger partial charge in [-0.3, -0.25) is 0 Å². The number of carboxylic acids is 2. The van der Waals surface area contributed by atoms with Gasteiger partial charge in [-0.25, -0.2) is 0 Å². The Labute approximate surface area is 84.4 Å². The van der Waals surface area contributed by atoms with Gasteiger partial charge in [0, 0.05) is 37.8 Å². The first-order chi connectivity index (χ1) is 4.54. The molecule has 0 fully saturated rings. The van der Waals surface area contributed by atoms with Gasteiger partial charge < -0.3 is 19.8 Å². The van der Waals surface area contributed by atoms with Crippen molar-refractivity contribution in [2.24, 2.45) is 0 Å². The molecule has 0 amide bonds. The summed E-state index contributed by atoms with van der Waals surface area (Å²) >= 11 is 0. The van der Waals surface area contributed by atoms with Gasteiger partial charge in [-0.05, 0) is 12.8 Å². The van der Waals surface area contributed by atoms with Gasteiger partial charge in [0.2, 0.25) is 0 Å². The molecule has 5 heteroatoms. The van der Waals surface area contributed by atoms with Gasteiger partial charge in [0.1, 0.15) is 0 Å². The average molecular weight is 261 g/mol. The fourth-order valence-electron chi connectivity index (χ4n) is 0. The number of rotatable bonds is 2. The van der Waals surface area contributed by atoms with Gasteiger partial charge in [0.05, 0.1) is 0 Å². The maximum absolute atomic E-state index is 9.26. The number of carbonyl (C=O) groups is 2. The van der Waals surface area contributed by atoms with Crippen molar-refractivity contribution in [2.75, 3.05) is 0 Å². The summed E-state index contributed by atoms with van der Waals surface area (Å²) < 4.78 is 0. The molecule has 0 aromatic carbocycles. The zero-order chi connectivity index (χ0) is 8.57. The predicted octanol–water partition coefficient (Wildman–Crippen LogP) is -2.09. The van der Waals surface area contributed by atoms with Gasteiger partial charge in [0.15, 0.2) is 0 Å². The van der Waals surface area contributed by atoms with E-state index in [1.165, 1.54) is 13.8 Å². The van der Waals surface area contributed by atoms with Gasteiger partial charge in [0.25, 0.3) is 0 Å². The molecule has 0 rings (SSSR count). The van der Waals surface area contributed by atoms with Crippen molar-refractivity contribution >= 4 is 37.8 Å². The molecule has 0 spiro atoms. The molecule has 11 heavy (non-hydrogen) atoms. The van der Waals surface area contributed by atoms with Crippen LogP contribution in [0.4, 0.5) is 0 Å². The normalized spacial score (nSPS) is 6.73. The Bertz CT molecular complexity index is 99.1. The van der Waals surface area contributed by atoms with Crippen molar-refractivity contribution in [2.45, 2.75) is 26.7 Å². The van der Waals surface area contributed by atoms with E-state index in [-0.39, 0.29) is 38.7 Å². The van der Waals surface area contributed by atoms with E-state index in [1.54, 1.807) is 0 Å². The number of hydrogen-bond acceptors (Lipinski definition) is 4. The van der Waals surface area contributed by atoms with Gasteiger partial charge >= 0.3 is 0 Å². The Morgan fingerprint density at radius 1 is 1.00 bits per heavy atom. The van der Waals surface area contributed by atoms with Crippen LogP contribution in [0.3, 0.4) is 0 Å². The first-order valence-corrected chi connectivity index (χ1v) is 2.94. The summed E-state index contributed by atoms with van der Waals surface area (Å²) in [6.45, 7) is 3.07. The van der Waals surface area contributed by atoms with Crippen molar-refractivity contribution in [3.63, 3.8) is 0 Å². The summed E-state index contributed by atoms with van der Waals surface area (Å²) in [5.74, 6) is -1.99. The Kier molecular flexibility index (Phi) is 19.4. The Morgan fingerprint density at radius 2 is 1.09 bits per heavy atom. The molecule has 4 nitrogen and oxygen atoms in total. The van der Waals surface area contributed by atoms with Crippen LogP contribution in [0.25, 0.3) is 0 Å². The van der Waals surface area contributed by atoms with Crippen LogP contribution < -0.4 is 10.2 Å². The zero-order valence-electron chi connectivity index (χ0n) is 6.62. The molecule has 0 N–H and O–H groups in total. The molecule has 0 saturated heterocycles. The zero-order valence-corrected chi connectivity index (χ0v) is 9.92. The van der Waals surface area contributed by atoms with E-state index in [9.17, 15) is 19.8 Å². The minimum atomic E-state index is -0.995. The first-order valence-electron chi connectivity index (χ1n) is 2.94. The van der Waals surface area contributed by atoms with Crippen LogP contribution in [0.15, 0.2) is 0 Å². The van der Waals surface area contributed by atoms with Crippen LogP contribution in [-0.4, -0.2) is 37.8 Å². The molecular weight excluding hydrogens is 251 g/mol. The van der Waals surface area contributed by atoms with E-state index in [0.717, 1.165) is 0 Å². The van der Waals surface area contributed by atoms with Gasteiger partial charge in [-0.2, -0.15) is 0 Å². The molecule has 0 aliphatic rings. The molecule has 3 radical (unpaired) electrons. The Balaban J connectivity index is -0.000000107. The quantitative estimate of drug-likeness (QED) is 0.571. The first kappa shape index (κ1) is 17.1. The molecular formula is C6H10InO4-2. The molecule has 0 saturated carbocycles. The molecule has 0 aliphatic carbocycles. The number of carboxylic acid groups (broad SMARTS) is 2. The van der Waals surface area contributed by atoms with Crippen LogP contribution >= 0.6 is 0 Å². The van der Waals surface area contributed by atoms with Crippen molar-refractivity contribution in [3.8, 4) is 0 Å². The molecule has 0 aromatic heterocycles. The largest absolute Gasteiger partial charge is 0.550 e. The van der Waals surface area contributed by atoms with E-state index in [4.69, 9.17) is 0 Å². The monoisotopic (exact) mass is 261 g/mol. The van der Waals surface area contributed by atoms with E-state index in [2.05, 4.69) is 0 Å². The topological polar surface area (TPSA) is 80.3 Å². The molecule has 0 bridgehead atoms. The predicted molar refractivity (Wildman–Crippen MR) is 36.4 cm³/mol. The SMILES string of the molecule is CCC(=O)[O-].CCC(=O)[O-].[In]. The van der Waals surface area contributed by atoms with Crippen LogP contribution in [0.5, 0.6) is 0 Å². The number of aliphatic carboxylic acids is 2. The molecule has 0 atom stereocenters. The standard InChI is InChI=1S/2C3H6O2.In/c2*1-2-3(4)5;/h2*2H2,1H3,(H,4,5);/p-2. The van der Waals surface area contributed by atoms with Crippen LogP contribution in [0, 0.1) is 0 Å². The smallest absolute Gasteiger partial charge is 0.0411 e.